The second-order valence-electron chi connectivity index (χ2n) is 3.22. The molecule has 18 heavy (non-hydrogen) atoms. The van der Waals surface area contributed by atoms with Gasteiger partial charge in [-0.15, -0.1) is 24.8 Å². The van der Waals surface area contributed by atoms with Gasteiger partial charge in [0.15, 0.2) is 5.75 Å². The first-order valence-electron chi connectivity index (χ1n) is 4.51. The number of aromatic amines is 1. The zero-order valence-electron chi connectivity index (χ0n) is 8.68. The molecule has 0 aromatic carbocycles. The van der Waals surface area contributed by atoms with E-state index >= 15 is 0 Å². The highest BCUT2D eigenvalue weighted by atomic mass is 35.5. The minimum atomic E-state index is -4.96. The molecule has 1 rings (SSSR count). The van der Waals surface area contributed by atoms with Crippen LogP contribution >= 0.6 is 11.6 Å². The predicted octanol–water partition coefficient (Wildman–Crippen LogP) is 1.64. The third kappa shape index (κ3) is 3.95. The first-order chi connectivity index (χ1) is 8.23. The largest absolute Gasteiger partial charge is 0.573 e. The first kappa shape index (κ1) is 14.4. The molecule has 5 nitrogen and oxygen atoms in total. The molecule has 0 aliphatic heterocycles. The Morgan fingerprint density at radius 3 is 2.56 bits per heavy atom. The first-order valence-corrected chi connectivity index (χ1v) is 5.05. The lowest BCUT2D eigenvalue weighted by molar-refractivity contribution is -0.275. The van der Waals surface area contributed by atoms with Gasteiger partial charge >= 0.3 is 12.3 Å². The number of hydrogen-bond donors (Lipinski definition) is 2. The van der Waals surface area contributed by atoms with Crippen LogP contribution in [0.15, 0.2) is 10.9 Å². The Bertz CT molecular complexity index is 512. The number of pyridine rings is 1. The number of rotatable bonds is 4. The number of halogens is 4. The van der Waals surface area contributed by atoms with Crippen molar-refractivity contribution in [2.24, 2.45) is 0 Å². The van der Waals surface area contributed by atoms with Gasteiger partial charge < -0.3 is 14.8 Å². The Labute approximate surface area is 103 Å². The van der Waals surface area contributed by atoms with Crippen molar-refractivity contribution in [3.8, 4) is 5.75 Å². The highest BCUT2D eigenvalue weighted by molar-refractivity contribution is 6.17. The zero-order valence-corrected chi connectivity index (χ0v) is 9.43. The third-order valence-corrected chi connectivity index (χ3v) is 2.13. The number of aromatic nitrogens is 1. The van der Waals surface area contributed by atoms with Gasteiger partial charge in [-0.1, -0.05) is 0 Å². The van der Waals surface area contributed by atoms with Crippen LogP contribution in [-0.2, 0) is 17.1 Å². The van der Waals surface area contributed by atoms with E-state index in [1.807, 2.05) is 4.98 Å². The molecule has 1 aromatic heterocycles. The standard InChI is InChI=1S/C9H7ClF3NO4/c10-3-5-6(18-9(11,12)13)1-4(2-7(15)16)8(17)14-5/h1H,2-3H2,(H,14,17)(H,15,16). The molecule has 0 bridgehead atoms. The molecule has 100 valence electrons. The fourth-order valence-electron chi connectivity index (χ4n) is 1.20. The van der Waals surface area contributed by atoms with Crippen LogP contribution in [0.25, 0.3) is 0 Å². The number of carbonyl (C=O) groups is 1. The van der Waals surface area contributed by atoms with Gasteiger partial charge in [0.2, 0.25) is 0 Å². The van der Waals surface area contributed by atoms with Crippen molar-refractivity contribution in [3.63, 3.8) is 0 Å². The molecule has 0 atom stereocenters. The lowest BCUT2D eigenvalue weighted by atomic mass is 10.2. The van der Waals surface area contributed by atoms with E-state index in [1.54, 1.807) is 0 Å². The van der Waals surface area contributed by atoms with Crippen molar-refractivity contribution < 1.29 is 27.8 Å². The summed E-state index contributed by atoms with van der Waals surface area (Å²) in [6.45, 7) is 0. The van der Waals surface area contributed by atoms with Gasteiger partial charge in [-0.2, -0.15) is 0 Å². The summed E-state index contributed by atoms with van der Waals surface area (Å²) in [5.41, 5.74) is -1.44. The molecule has 0 amide bonds. The highest BCUT2D eigenvalue weighted by Crippen LogP contribution is 2.26. The van der Waals surface area contributed by atoms with Crippen LogP contribution < -0.4 is 10.3 Å². The highest BCUT2D eigenvalue weighted by Gasteiger charge is 2.32. The Hall–Kier alpha value is -1.70. The second kappa shape index (κ2) is 5.30. The summed E-state index contributed by atoms with van der Waals surface area (Å²) in [5, 5.41) is 8.50. The maximum Gasteiger partial charge on any atom is 0.573 e. The van der Waals surface area contributed by atoms with Crippen LogP contribution in [0.4, 0.5) is 13.2 Å². The lowest BCUT2D eigenvalue weighted by Gasteiger charge is -2.12. The molecule has 0 aliphatic carbocycles. The van der Waals surface area contributed by atoms with E-state index in [0.717, 1.165) is 6.07 Å². The summed E-state index contributed by atoms with van der Waals surface area (Å²) in [6, 6.07) is 0.720. The van der Waals surface area contributed by atoms with Crippen LogP contribution in [0, 0.1) is 0 Å². The number of nitrogens with one attached hydrogen (secondary N) is 1. The van der Waals surface area contributed by atoms with Gasteiger partial charge in [0.25, 0.3) is 5.56 Å². The monoisotopic (exact) mass is 285 g/mol. The minimum absolute atomic E-state index is 0.270. The fourth-order valence-corrected chi connectivity index (χ4v) is 1.40. The van der Waals surface area contributed by atoms with E-state index in [-0.39, 0.29) is 11.3 Å². The maximum atomic E-state index is 12.1. The van der Waals surface area contributed by atoms with Crippen molar-refractivity contribution >= 4 is 17.6 Å². The number of carboxylic acid groups (broad SMARTS) is 1. The van der Waals surface area contributed by atoms with E-state index < -0.39 is 35.9 Å². The van der Waals surface area contributed by atoms with Crippen molar-refractivity contribution in [1.82, 2.24) is 4.98 Å². The van der Waals surface area contributed by atoms with Gasteiger partial charge in [-0.25, -0.2) is 0 Å². The number of aliphatic carboxylic acids is 1. The summed E-state index contributed by atoms with van der Waals surface area (Å²) >= 11 is 5.36. The van der Waals surface area contributed by atoms with Crippen molar-refractivity contribution in [2.75, 3.05) is 0 Å². The molecule has 0 unspecified atom stereocenters. The Morgan fingerprint density at radius 1 is 1.50 bits per heavy atom. The zero-order chi connectivity index (χ0) is 13.9. The molecule has 1 heterocycles. The average Bonchev–Trinajstić information content (AvgIpc) is 2.19. The maximum absolute atomic E-state index is 12.1. The number of alkyl halides is 4. The predicted molar refractivity (Wildman–Crippen MR) is 54.6 cm³/mol. The molecule has 0 saturated carbocycles. The summed E-state index contributed by atoms with van der Waals surface area (Å²) < 4.78 is 39.9. The van der Waals surface area contributed by atoms with Gasteiger partial charge in [0.05, 0.1) is 18.0 Å². The normalized spacial score (nSPS) is 11.3. The van der Waals surface area contributed by atoms with Crippen LogP contribution in [0.3, 0.4) is 0 Å². The van der Waals surface area contributed by atoms with E-state index in [9.17, 15) is 22.8 Å². The molecule has 0 fully saturated rings. The van der Waals surface area contributed by atoms with E-state index in [2.05, 4.69) is 4.74 Å². The van der Waals surface area contributed by atoms with Crippen LogP contribution in [0.1, 0.15) is 11.3 Å². The topological polar surface area (TPSA) is 79.4 Å². The smallest absolute Gasteiger partial charge is 0.481 e. The molecule has 0 aliphatic rings. The molecule has 0 spiro atoms. The van der Waals surface area contributed by atoms with Crippen molar-refractivity contribution in [2.45, 2.75) is 18.7 Å². The minimum Gasteiger partial charge on any atom is -0.481 e. The molecular formula is C9H7ClF3NO4. The molecule has 1 aromatic rings. The molecule has 9 heteroatoms. The van der Waals surface area contributed by atoms with Crippen LogP contribution in [0.5, 0.6) is 5.75 Å². The van der Waals surface area contributed by atoms with Crippen LogP contribution in [-0.4, -0.2) is 22.4 Å². The van der Waals surface area contributed by atoms with Gasteiger partial charge in [0, 0.05) is 5.56 Å². The Kier molecular flexibility index (Phi) is 4.23. The molecular weight excluding hydrogens is 279 g/mol. The van der Waals surface area contributed by atoms with E-state index in [4.69, 9.17) is 16.7 Å². The summed E-state index contributed by atoms with van der Waals surface area (Å²) in [7, 11) is 0. The molecule has 0 radical (unpaired) electrons. The summed E-state index contributed by atoms with van der Waals surface area (Å²) in [5.74, 6) is -2.47. The van der Waals surface area contributed by atoms with Crippen LogP contribution in [0.2, 0.25) is 0 Å². The molecule has 2 N–H and O–H groups in total. The van der Waals surface area contributed by atoms with E-state index in [1.165, 1.54) is 0 Å². The van der Waals surface area contributed by atoms with Gasteiger partial charge in [-0.05, 0) is 6.07 Å². The second-order valence-corrected chi connectivity index (χ2v) is 3.49. The van der Waals surface area contributed by atoms with Gasteiger partial charge in [0.1, 0.15) is 0 Å². The van der Waals surface area contributed by atoms with Gasteiger partial charge in [-0.3, -0.25) is 9.59 Å². The summed E-state index contributed by atoms with van der Waals surface area (Å²) in [4.78, 5) is 23.8. The number of H-pyrrole nitrogens is 1. The quantitative estimate of drug-likeness (QED) is 0.824. The lowest BCUT2D eigenvalue weighted by Crippen LogP contribution is -2.22. The van der Waals surface area contributed by atoms with Crippen molar-refractivity contribution in [3.05, 3.63) is 27.7 Å². The number of ether oxygens (including phenoxy) is 1. The number of hydrogen-bond acceptors (Lipinski definition) is 3. The number of carboxylic acids is 1. The van der Waals surface area contributed by atoms with E-state index in [0.29, 0.717) is 0 Å². The SMILES string of the molecule is O=C(O)Cc1cc(OC(F)(F)F)c(CCl)[nH]c1=O. The van der Waals surface area contributed by atoms with Crippen molar-refractivity contribution in [1.29, 1.82) is 0 Å². The third-order valence-electron chi connectivity index (χ3n) is 1.86. The average molecular weight is 286 g/mol. The summed E-state index contributed by atoms with van der Waals surface area (Å²) in [6.07, 6.45) is -5.67. The fraction of sp³-hybridized carbons (Fsp3) is 0.333. The Balaban J connectivity index is 3.22. The molecule has 0 saturated heterocycles. The Morgan fingerprint density at radius 2 is 2.11 bits per heavy atom.